The van der Waals surface area contributed by atoms with E-state index in [0.29, 0.717) is 11.1 Å². The molecule has 0 saturated heterocycles. The van der Waals surface area contributed by atoms with Crippen LogP contribution in [0.4, 0.5) is 8.78 Å². The van der Waals surface area contributed by atoms with Gasteiger partial charge in [0.2, 0.25) is 11.8 Å². The Morgan fingerprint density at radius 2 is 1.65 bits per heavy atom. The van der Waals surface area contributed by atoms with Crippen LogP contribution in [0.3, 0.4) is 0 Å². The van der Waals surface area contributed by atoms with Gasteiger partial charge in [-0.05, 0) is 37.1 Å². The third-order valence-corrected chi connectivity index (χ3v) is 7.40. The summed E-state index contributed by atoms with van der Waals surface area (Å²) < 4.78 is 28.8. The summed E-state index contributed by atoms with van der Waals surface area (Å²) in [5, 5.41) is 3.27. The number of nitrogens with one attached hydrogen (secondary N) is 1. The van der Waals surface area contributed by atoms with Gasteiger partial charge in [0.15, 0.2) is 0 Å². The number of benzene rings is 3. The van der Waals surface area contributed by atoms with Crippen LogP contribution in [0.2, 0.25) is 5.02 Å². The molecule has 37 heavy (non-hydrogen) atoms. The number of nitrogens with zero attached hydrogens (tertiary/aromatic N) is 1. The maximum Gasteiger partial charge on any atom is 0.243 e. The van der Waals surface area contributed by atoms with E-state index in [9.17, 15) is 18.4 Å². The minimum Gasteiger partial charge on any atom is -0.352 e. The van der Waals surface area contributed by atoms with E-state index in [2.05, 4.69) is 5.32 Å². The number of hydrogen-bond acceptors (Lipinski definition) is 3. The van der Waals surface area contributed by atoms with Gasteiger partial charge in [-0.3, -0.25) is 9.59 Å². The molecule has 0 aliphatic heterocycles. The average Bonchev–Trinajstić information content (AvgIpc) is 2.89. The summed E-state index contributed by atoms with van der Waals surface area (Å²) in [7, 11) is 0. The predicted octanol–water partition coefficient (Wildman–Crippen LogP) is 6.41. The molecule has 0 saturated carbocycles. The summed E-state index contributed by atoms with van der Waals surface area (Å²) in [6.07, 6.45) is 0.997. The highest BCUT2D eigenvalue weighted by Crippen LogP contribution is 2.25. The van der Waals surface area contributed by atoms with E-state index >= 15 is 0 Å². The molecule has 0 spiro atoms. The zero-order chi connectivity index (χ0) is 26.8. The van der Waals surface area contributed by atoms with Crippen molar-refractivity contribution in [2.24, 2.45) is 0 Å². The Balaban J connectivity index is 1.89. The molecule has 0 bridgehead atoms. The molecule has 0 radical (unpaired) electrons. The van der Waals surface area contributed by atoms with Crippen molar-refractivity contribution in [3.05, 3.63) is 106 Å². The van der Waals surface area contributed by atoms with E-state index in [-0.39, 0.29) is 47.4 Å². The average molecular weight is 545 g/mol. The summed E-state index contributed by atoms with van der Waals surface area (Å²) in [6.45, 7) is 3.79. The van der Waals surface area contributed by atoms with Gasteiger partial charge in [0, 0.05) is 40.9 Å². The predicted molar refractivity (Wildman–Crippen MR) is 146 cm³/mol. The largest absolute Gasteiger partial charge is 0.352 e. The van der Waals surface area contributed by atoms with E-state index in [1.165, 1.54) is 34.9 Å². The van der Waals surface area contributed by atoms with Gasteiger partial charge in [-0.25, -0.2) is 8.78 Å². The summed E-state index contributed by atoms with van der Waals surface area (Å²) in [4.78, 5) is 28.5. The molecule has 0 aliphatic carbocycles. The van der Waals surface area contributed by atoms with Crippen LogP contribution in [0.1, 0.15) is 37.0 Å². The van der Waals surface area contributed by atoms with Crippen molar-refractivity contribution < 1.29 is 18.4 Å². The van der Waals surface area contributed by atoms with Crippen molar-refractivity contribution in [2.75, 3.05) is 5.75 Å². The van der Waals surface area contributed by atoms with Crippen LogP contribution in [0.25, 0.3) is 0 Å². The lowest BCUT2D eigenvalue weighted by molar-refractivity contribution is -0.139. The van der Waals surface area contributed by atoms with Gasteiger partial charge in [-0.2, -0.15) is 0 Å². The Kier molecular flexibility index (Phi) is 11.0. The summed E-state index contributed by atoms with van der Waals surface area (Å²) in [6, 6.07) is 19.1. The van der Waals surface area contributed by atoms with Gasteiger partial charge in [-0.1, -0.05) is 73.1 Å². The first-order valence-corrected chi connectivity index (χ1v) is 13.7. The highest BCUT2D eigenvalue weighted by atomic mass is 35.5. The van der Waals surface area contributed by atoms with Crippen molar-refractivity contribution in [2.45, 2.75) is 51.1 Å². The first kappa shape index (κ1) is 28.7. The fourth-order valence-corrected chi connectivity index (χ4v) is 5.05. The van der Waals surface area contributed by atoms with Crippen molar-refractivity contribution in [3.8, 4) is 0 Å². The maximum atomic E-state index is 14.6. The number of thioether (sulfide) groups is 1. The van der Waals surface area contributed by atoms with E-state index < -0.39 is 17.7 Å². The monoisotopic (exact) mass is 544 g/mol. The molecule has 2 amide bonds. The first-order valence-electron chi connectivity index (χ1n) is 12.2. The van der Waals surface area contributed by atoms with Crippen LogP contribution in [0, 0.1) is 11.6 Å². The van der Waals surface area contributed by atoms with Gasteiger partial charge in [0.1, 0.15) is 17.7 Å². The molecular formula is C29H31ClF2N2O2S. The zero-order valence-electron chi connectivity index (χ0n) is 20.9. The van der Waals surface area contributed by atoms with Crippen molar-refractivity contribution in [1.29, 1.82) is 0 Å². The molecule has 0 unspecified atom stereocenters. The molecule has 0 aliphatic rings. The number of rotatable bonds is 12. The minimum absolute atomic E-state index is 0.0268. The molecule has 0 heterocycles. The Morgan fingerprint density at radius 1 is 0.973 bits per heavy atom. The quantitative estimate of drug-likeness (QED) is 0.287. The van der Waals surface area contributed by atoms with Gasteiger partial charge in [-0.15, -0.1) is 11.8 Å². The lowest BCUT2D eigenvalue weighted by Gasteiger charge is -2.32. The Labute approximate surface area is 226 Å². The third kappa shape index (κ3) is 8.30. The van der Waals surface area contributed by atoms with E-state index in [1.54, 1.807) is 24.3 Å². The van der Waals surface area contributed by atoms with Crippen molar-refractivity contribution >= 4 is 35.2 Å². The number of hydrogen-bond donors (Lipinski definition) is 1. The molecule has 2 atom stereocenters. The summed E-state index contributed by atoms with van der Waals surface area (Å²) in [5.41, 5.74) is 1.51. The van der Waals surface area contributed by atoms with Crippen LogP contribution >= 0.6 is 23.4 Å². The van der Waals surface area contributed by atoms with E-state index in [0.717, 1.165) is 12.0 Å². The molecule has 196 valence electrons. The van der Waals surface area contributed by atoms with Crippen LogP contribution in [0.5, 0.6) is 0 Å². The summed E-state index contributed by atoms with van der Waals surface area (Å²) >= 11 is 7.33. The van der Waals surface area contributed by atoms with E-state index in [1.807, 2.05) is 44.2 Å². The second kappa shape index (κ2) is 14.1. The smallest absolute Gasteiger partial charge is 0.243 e. The standard InChI is InChI=1S/C29H31ClF2N2O2S/c1-3-20(2)33-29(36)27(16-21-10-5-4-6-11-21)34(17-22-12-7-8-14-25(22)31)28(35)19-37-18-23-24(30)13-9-15-26(23)32/h4-15,20,27H,3,16-19H2,1-2H3,(H,33,36)/t20-,27+/m1/s1. The van der Waals surface area contributed by atoms with Crippen LogP contribution in [0.15, 0.2) is 72.8 Å². The normalized spacial score (nSPS) is 12.6. The Hall–Kier alpha value is -2.90. The molecular weight excluding hydrogens is 514 g/mol. The maximum absolute atomic E-state index is 14.6. The van der Waals surface area contributed by atoms with Gasteiger partial charge in [0.05, 0.1) is 5.75 Å². The van der Waals surface area contributed by atoms with Gasteiger partial charge >= 0.3 is 0 Å². The minimum atomic E-state index is -0.860. The van der Waals surface area contributed by atoms with E-state index in [4.69, 9.17) is 11.6 Å². The third-order valence-electron chi connectivity index (χ3n) is 6.10. The number of carbonyl (C=O) groups is 2. The first-order chi connectivity index (χ1) is 17.8. The molecule has 4 nitrogen and oxygen atoms in total. The lowest BCUT2D eigenvalue weighted by atomic mass is 10.0. The molecule has 3 aromatic carbocycles. The highest BCUT2D eigenvalue weighted by Gasteiger charge is 2.31. The Bertz CT molecular complexity index is 1180. The number of halogens is 3. The van der Waals surface area contributed by atoms with Gasteiger partial charge in [0.25, 0.3) is 0 Å². The van der Waals surface area contributed by atoms with Crippen LogP contribution < -0.4 is 5.32 Å². The topological polar surface area (TPSA) is 49.4 Å². The lowest BCUT2D eigenvalue weighted by Crippen LogP contribution is -2.52. The zero-order valence-corrected chi connectivity index (χ0v) is 22.5. The second-order valence-electron chi connectivity index (χ2n) is 8.83. The SMILES string of the molecule is CC[C@@H](C)NC(=O)[C@H](Cc1ccccc1)N(Cc1ccccc1F)C(=O)CSCc1c(F)cccc1Cl. The Morgan fingerprint density at radius 3 is 2.32 bits per heavy atom. The fraction of sp³-hybridized carbons (Fsp3) is 0.310. The van der Waals surface area contributed by atoms with Crippen molar-refractivity contribution in [1.82, 2.24) is 10.2 Å². The molecule has 0 fully saturated rings. The number of carbonyl (C=O) groups excluding carboxylic acids is 2. The molecule has 1 N–H and O–H groups in total. The fourth-order valence-electron chi connectivity index (χ4n) is 3.80. The molecule has 8 heteroatoms. The van der Waals surface area contributed by atoms with Gasteiger partial charge < -0.3 is 10.2 Å². The number of amides is 2. The van der Waals surface area contributed by atoms with Crippen molar-refractivity contribution in [3.63, 3.8) is 0 Å². The van der Waals surface area contributed by atoms with Crippen LogP contribution in [-0.4, -0.2) is 34.6 Å². The van der Waals surface area contributed by atoms with Crippen LogP contribution in [-0.2, 0) is 28.3 Å². The highest BCUT2D eigenvalue weighted by molar-refractivity contribution is 7.99. The second-order valence-corrected chi connectivity index (χ2v) is 10.2. The molecule has 0 aromatic heterocycles. The molecule has 3 rings (SSSR count). The molecule has 3 aromatic rings. The summed E-state index contributed by atoms with van der Waals surface area (Å²) in [5.74, 6) is -1.38.